The first kappa shape index (κ1) is 8.11. The van der Waals surface area contributed by atoms with E-state index in [9.17, 15) is 0 Å². The number of rotatable bonds is 5. The molecule has 0 saturated heterocycles. The molecule has 0 aromatic carbocycles. The van der Waals surface area contributed by atoms with Crippen molar-refractivity contribution in [2.45, 2.75) is 26.2 Å². The second-order valence-electron chi connectivity index (χ2n) is 2.39. The highest BCUT2D eigenvalue weighted by molar-refractivity contribution is 4.98. The van der Waals surface area contributed by atoms with Gasteiger partial charge in [0, 0.05) is 6.07 Å². The molecule has 0 spiro atoms. The molecular formula is C8H13NO2. The van der Waals surface area contributed by atoms with Crippen molar-refractivity contribution in [1.82, 2.24) is 5.16 Å². The maximum absolute atomic E-state index is 5.22. The minimum Gasteiger partial charge on any atom is -0.464 e. The van der Waals surface area contributed by atoms with Gasteiger partial charge < -0.3 is 9.26 Å². The monoisotopic (exact) mass is 155 g/mol. The predicted octanol–water partition coefficient (Wildman–Crippen LogP) is 2.24. The van der Waals surface area contributed by atoms with Gasteiger partial charge in [-0.05, 0) is 6.42 Å². The summed E-state index contributed by atoms with van der Waals surface area (Å²) in [7, 11) is 0. The second-order valence-corrected chi connectivity index (χ2v) is 2.39. The van der Waals surface area contributed by atoms with Gasteiger partial charge in [-0.25, -0.2) is 0 Å². The summed E-state index contributed by atoms with van der Waals surface area (Å²) in [5.41, 5.74) is 0. The van der Waals surface area contributed by atoms with Gasteiger partial charge >= 0.3 is 5.95 Å². The molecule has 0 atom stereocenters. The molecule has 1 aromatic rings. The quantitative estimate of drug-likeness (QED) is 0.612. The van der Waals surface area contributed by atoms with Crippen LogP contribution in [0, 0.1) is 0 Å². The van der Waals surface area contributed by atoms with E-state index in [0.29, 0.717) is 5.95 Å². The van der Waals surface area contributed by atoms with Gasteiger partial charge in [0.15, 0.2) is 0 Å². The molecule has 0 aliphatic heterocycles. The molecule has 0 aliphatic carbocycles. The van der Waals surface area contributed by atoms with Crippen molar-refractivity contribution in [3.8, 4) is 5.95 Å². The van der Waals surface area contributed by atoms with Crippen molar-refractivity contribution >= 4 is 0 Å². The molecule has 0 radical (unpaired) electrons. The number of hydrogen-bond donors (Lipinski definition) is 0. The highest BCUT2D eigenvalue weighted by atomic mass is 16.6. The zero-order valence-corrected chi connectivity index (χ0v) is 6.75. The topological polar surface area (TPSA) is 35.3 Å². The van der Waals surface area contributed by atoms with Gasteiger partial charge in [-0.2, -0.15) is 0 Å². The first-order valence-corrected chi connectivity index (χ1v) is 3.97. The SMILES string of the molecule is CCCCCOc1ccno1. The second kappa shape index (κ2) is 4.77. The highest BCUT2D eigenvalue weighted by Gasteiger charge is 1.94. The summed E-state index contributed by atoms with van der Waals surface area (Å²) >= 11 is 0. The minimum absolute atomic E-state index is 0.515. The summed E-state index contributed by atoms with van der Waals surface area (Å²) in [4.78, 5) is 0. The third-order valence-corrected chi connectivity index (χ3v) is 1.41. The summed E-state index contributed by atoms with van der Waals surface area (Å²) in [6, 6.07) is 1.71. The van der Waals surface area contributed by atoms with E-state index < -0.39 is 0 Å². The van der Waals surface area contributed by atoms with Gasteiger partial charge in [0.1, 0.15) is 0 Å². The third-order valence-electron chi connectivity index (χ3n) is 1.41. The Morgan fingerprint density at radius 3 is 3.09 bits per heavy atom. The Morgan fingerprint density at radius 1 is 1.55 bits per heavy atom. The lowest BCUT2D eigenvalue weighted by Crippen LogP contribution is -1.95. The maximum Gasteiger partial charge on any atom is 0.311 e. The Kier molecular flexibility index (Phi) is 3.52. The van der Waals surface area contributed by atoms with Crippen molar-refractivity contribution in [3.63, 3.8) is 0 Å². The predicted molar refractivity (Wildman–Crippen MR) is 41.5 cm³/mol. The fourth-order valence-corrected chi connectivity index (χ4v) is 0.803. The first-order valence-electron chi connectivity index (χ1n) is 3.97. The largest absolute Gasteiger partial charge is 0.464 e. The fraction of sp³-hybridized carbons (Fsp3) is 0.625. The number of nitrogens with zero attached hydrogens (tertiary/aromatic N) is 1. The van der Waals surface area contributed by atoms with Crippen LogP contribution in [0.15, 0.2) is 16.8 Å². The Bertz CT molecular complexity index is 172. The van der Waals surface area contributed by atoms with E-state index in [-0.39, 0.29) is 0 Å². The summed E-state index contributed by atoms with van der Waals surface area (Å²) in [6.07, 6.45) is 5.07. The lowest BCUT2D eigenvalue weighted by Gasteiger charge is -1.98. The van der Waals surface area contributed by atoms with Crippen molar-refractivity contribution in [2.24, 2.45) is 0 Å². The van der Waals surface area contributed by atoms with Crippen LogP contribution in [-0.4, -0.2) is 11.8 Å². The summed E-state index contributed by atoms with van der Waals surface area (Å²) in [5, 5.41) is 3.52. The first-order chi connectivity index (χ1) is 5.43. The molecule has 0 N–H and O–H groups in total. The van der Waals surface area contributed by atoms with Crippen LogP contribution in [0.2, 0.25) is 0 Å². The van der Waals surface area contributed by atoms with Crippen LogP contribution in [-0.2, 0) is 0 Å². The number of aromatic nitrogens is 1. The molecule has 0 saturated carbocycles. The Labute approximate surface area is 66.3 Å². The van der Waals surface area contributed by atoms with Crippen molar-refractivity contribution < 1.29 is 9.26 Å². The Hall–Kier alpha value is -0.990. The van der Waals surface area contributed by atoms with Crippen LogP contribution < -0.4 is 4.74 Å². The van der Waals surface area contributed by atoms with Crippen LogP contribution in [0.5, 0.6) is 5.95 Å². The number of hydrogen-bond acceptors (Lipinski definition) is 3. The van der Waals surface area contributed by atoms with E-state index in [2.05, 4.69) is 12.1 Å². The van der Waals surface area contributed by atoms with E-state index in [1.807, 2.05) is 0 Å². The minimum atomic E-state index is 0.515. The van der Waals surface area contributed by atoms with Gasteiger partial charge in [0.25, 0.3) is 0 Å². The molecule has 1 rings (SSSR count). The molecule has 11 heavy (non-hydrogen) atoms. The van der Waals surface area contributed by atoms with Crippen molar-refractivity contribution in [2.75, 3.05) is 6.61 Å². The van der Waals surface area contributed by atoms with Gasteiger partial charge in [-0.15, -0.1) is 0 Å². The van der Waals surface area contributed by atoms with Gasteiger partial charge in [-0.1, -0.05) is 24.9 Å². The molecule has 3 nitrogen and oxygen atoms in total. The van der Waals surface area contributed by atoms with Gasteiger partial charge in [0.05, 0.1) is 12.8 Å². The van der Waals surface area contributed by atoms with Crippen molar-refractivity contribution in [1.29, 1.82) is 0 Å². The average molecular weight is 155 g/mol. The van der Waals surface area contributed by atoms with Crippen LogP contribution in [0.3, 0.4) is 0 Å². The molecule has 0 fully saturated rings. The standard InChI is InChI=1S/C8H13NO2/c1-2-3-4-7-10-8-5-6-9-11-8/h5-6H,2-4,7H2,1H3. The highest BCUT2D eigenvalue weighted by Crippen LogP contribution is 2.07. The molecule has 0 aliphatic rings. The van der Waals surface area contributed by atoms with E-state index in [1.165, 1.54) is 12.8 Å². The van der Waals surface area contributed by atoms with E-state index in [4.69, 9.17) is 9.26 Å². The molecular weight excluding hydrogens is 142 g/mol. The number of unbranched alkanes of at least 4 members (excludes halogenated alkanes) is 2. The van der Waals surface area contributed by atoms with Crippen LogP contribution in [0.1, 0.15) is 26.2 Å². The lowest BCUT2D eigenvalue weighted by atomic mass is 10.3. The van der Waals surface area contributed by atoms with E-state index >= 15 is 0 Å². The smallest absolute Gasteiger partial charge is 0.311 e. The van der Waals surface area contributed by atoms with Crippen LogP contribution >= 0.6 is 0 Å². The van der Waals surface area contributed by atoms with Crippen LogP contribution in [0.25, 0.3) is 0 Å². The van der Waals surface area contributed by atoms with E-state index in [1.54, 1.807) is 12.3 Å². The normalized spacial score (nSPS) is 9.91. The molecule has 0 unspecified atom stereocenters. The summed E-state index contributed by atoms with van der Waals surface area (Å²) in [5.74, 6) is 0.515. The average Bonchev–Trinajstić information content (AvgIpc) is 2.50. The lowest BCUT2D eigenvalue weighted by molar-refractivity contribution is 0.210. The summed E-state index contributed by atoms with van der Waals surface area (Å²) in [6.45, 7) is 2.89. The third kappa shape index (κ3) is 3.07. The van der Waals surface area contributed by atoms with E-state index in [0.717, 1.165) is 13.0 Å². The molecule has 3 heteroatoms. The number of ether oxygens (including phenoxy) is 1. The van der Waals surface area contributed by atoms with Crippen LogP contribution in [0.4, 0.5) is 0 Å². The maximum atomic E-state index is 5.22. The fourth-order valence-electron chi connectivity index (χ4n) is 0.803. The molecule has 1 aromatic heterocycles. The van der Waals surface area contributed by atoms with Gasteiger partial charge in [-0.3, -0.25) is 0 Å². The summed E-state index contributed by atoms with van der Waals surface area (Å²) < 4.78 is 9.96. The molecule has 0 amide bonds. The Morgan fingerprint density at radius 2 is 2.45 bits per heavy atom. The van der Waals surface area contributed by atoms with Crippen molar-refractivity contribution in [3.05, 3.63) is 12.3 Å². The van der Waals surface area contributed by atoms with Gasteiger partial charge in [0.2, 0.25) is 0 Å². The Balaban J connectivity index is 2.04. The molecule has 1 heterocycles. The zero-order valence-electron chi connectivity index (χ0n) is 6.75. The zero-order chi connectivity index (χ0) is 7.94. The molecule has 0 bridgehead atoms. The molecule has 62 valence electrons.